The van der Waals surface area contributed by atoms with Crippen LogP contribution < -0.4 is 5.73 Å². The maximum Gasteiger partial charge on any atom is 0.0991 e. The zero-order chi connectivity index (χ0) is 14.7. The molecule has 0 saturated carbocycles. The van der Waals surface area contributed by atoms with Crippen LogP contribution in [-0.4, -0.2) is 33.6 Å². The molecular weight excluding hydrogens is 296 g/mol. The van der Waals surface area contributed by atoms with Crippen molar-refractivity contribution < 1.29 is 0 Å². The number of benzene rings is 1. The van der Waals surface area contributed by atoms with E-state index >= 15 is 0 Å². The number of rotatable bonds is 4. The monoisotopic (exact) mass is 320 g/mol. The molecule has 1 fully saturated rings. The van der Waals surface area contributed by atoms with Gasteiger partial charge in [0, 0.05) is 30.7 Å². The van der Waals surface area contributed by atoms with Crippen LogP contribution in [0.1, 0.15) is 25.3 Å². The molecule has 1 atom stereocenters. The summed E-state index contributed by atoms with van der Waals surface area (Å²) in [5, 5.41) is 0. The van der Waals surface area contributed by atoms with Gasteiger partial charge in [0.05, 0.1) is 6.33 Å². The van der Waals surface area contributed by atoms with Crippen molar-refractivity contribution in [2.75, 3.05) is 13.1 Å². The molecule has 2 heterocycles. The number of hydrogen-bond donors (Lipinski definition) is 1. The summed E-state index contributed by atoms with van der Waals surface area (Å²) in [7, 11) is 0. The molecular formula is C17H25ClN4. The van der Waals surface area contributed by atoms with Gasteiger partial charge in [-0.1, -0.05) is 12.1 Å². The third-order valence-electron chi connectivity index (χ3n) is 4.52. The Hall–Kier alpha value is -1.36. The summed E-state index contributed by atoms with van der Waals surface area (Å²) in [6.07, 6.45) is 8.05. The Morgan fingerprint density at radius 1 is 1.23 bits per heavy atom. The van der Waals surface area contributed by atoms with E-state index in [2.05, 4.69) is 41.1 Å². The minimum atomic E-state index is 0. The van der Waals surface area contributed by atoms with E-state index < -0.39 is 0 Å². The lowest BCUT2D eigenvalue weighted by Crippen LogP contribution is -2.39. The summed E-state index contributed by atoms with van der Waals surface area (Å²) in [4.78, 5) is 6.61. The lowest BCUT2D eigenvalue weighted by molar-refractivity contribution is 0.166. The van der Waals surface area contributed by atoms with Crippen LogP contribution in [0.3, 0.4) is 0 Å². The number of imidazole rings is 1. The molecule has 1 unspecified atom stereocenters. The average molecular weight is 321 g/mol. The largest absolute Gasteiger partial charge is 0.328 e. The molecule has 22 heavy (non-hydrogen) atoms. The quantitative estimate of drug-likeness (QED) is 0.942. The highest BCUT2D eigenvalue weighted by Gasteiger charge is 2.21. The zero-order valence-corrected chi connectivity index (χ0v) is 13.9. The summed E-state index contributed by atoms with van der Waals surface area (Å²) < 4.78 is 2.03. The molecule has 0 aliphatic carbocycles. The van der Waals surface area contributed by atoms with Crippen LogP contribution >= 0.6 is 12.4 Å². The van der Waals surface area contributed by atoms with Crippen molar-refractivity contribution in [2.24, 2.45) is 11.7 Å². The fraction of sp³-hybridized carbons (Fsp3) is 0.471. The molecule has 4 nitrogen and oxygen atoms in total. The molecule has 5 heteroatoms. The maximum atomic E-state index is 6.00. The molecule has 1 aromatic heterocycles. The highest BCUT2D eigenvalue weighted by atomic mass is 35.5. The molecule has 0 bridgehead atoms. The number of piperidine rings is 1. The number of nitrogens with zero attached hydrogens (tertiary/aromatic N) is 3. The average Bonchev–Trinajstić information content (AvgIpc) is 3.03. The number of hydrogen-bond acceptors (Lipinski definition) is 3. The maximum absolute atomic E-state index is 6.00. The van der Waals surface area contributed by atoms with Gasteiger partial charge in [0.1, 0.15) is 0 Å². The predicted octanol–water partition coefficient (Wildman–Crippen LogP) is 2.85. The van der Waals surface area contributed by atoms with E-state index in [-0.39, 0.29) is 12.4 Å². The van der Waals surface area contributed by atoms with Crippen molar-refractivity contribution in [3.8, 4) is 5.69 Å². The van der Waals surface area contributed by atoms with Gasteiger partial charge in [-0.15, -0.1) is 12.4 Å². The van der Waals surface area contributed by atoms with E-state index in [1.807, 2.05) is 17.1 Å². The van der Waals surface area contributed by atoms with E-state index in [9.17, 15) is 0 Å². The summed E-state index contributed by atoms with van der Waals surface area (Å²) in [6.45, 7) is 5.50. The summed E-state index contributed by atoms with van der Waals surface area (Å²) in [5.74, 6) is 0.699. The first-order chi connectivity index (χ1) is 10.2. The molecule has 0 radical (unpaired) electrons. The second-order valence-corrected chi connectivity index (χ2v) is 6.11. The Morgan fingerprint density at radius 3 is 2.45 bits per heavy atom. The van der Waals surface area contributed by atoms with Crippen molar-refractivity contribution in [1.82, 2.24) is 14.5 Å². The SMILES string of the molecule is CC(N)C1CCN(Cc2ccc(-n3ccnc3)cc2)CC1.Cl. The van der Waals surface area contributed by atoms with Crippen molar-refractivity contribution >= 4 is 12.4 Å². The van der Waals surface area contributed by atoms with Gasteiger partial charge in [-0.25, -0.2) is 4.98 Å². The smallest absolute Gasteiger partial charge is 0.0991 e. The minimum Gasteiger partial charge on any atom is -0.328 e. The molecule has 0 spiro atoms. The van der Waals surface area contributed by atoms with Gasteiger partial charge in [-0.2, -0.15) is 0 Å². The van der Waals surface area contributed by atoms with E-state index in [4.69, 9.17) is 5.73 Å². The van der Waals surface area contributed by atoms with Crippen molar-refractivity contribution in [2.45, 2.75) is 32.4 Å². The van der Waals surface area contributed by atoms with Crippen molar-refractivity contribution in [3.63, 3.8) is 0 Å². The molecule has 2 N–H and O–H groups in total. The number of aromatic nitrogens is 2. The lowest BCUT2D eigenvalue weighted by Gasteiger charge is -2.33. The van der Waals surface area contributed by atoms with Crippen LogP contribution in [-0.2, 0) is 6.54 Å². The first-order valence-corrected chi connectivity index (χ1v) is 7.77. The van der Waals surface area contributed by atoms with Crippen LogP contribution in [0, 0.1) is 5.92 Å². The molecule has 0 amide bonds. The fourth-order valence-electron chi connectivity index (χ4n) is 3.08. The third-order valence-corrected chi connectivity index (χ3v) is 4.52. The van der Waals surface area contributed by atoms with E-state index in [0.29, 0.717) is 12.0 Å². The van der Waals surface area contributed by atoms with Gasteiger partial charge in [-0.05, 0) is 56.5 Å². The first kappa shape index (κ1) is 17.0. The highest BCUT2D eigenvalue weighted by molar-refractivity contribution is 5.85. The van der Waals surface area contributed by atoms with Crippen LogP contribution in [0.25, 0.3) is 5.69 Å². The minimum absolute atomic E-state index is 0. The molecule has 1 saturated heterocycles. The Balaban J connectivity index is 0.00000176. The molecule has 1 aliphatic rings. The standard InChI is InChI=1S/C17H24N4.ClH/c1-14(18)16-6-9-20(10-7-16)12-15-2-4-17(5-3-15)21-11-8-19-13-21;/h2-5,8,11,13-14,16H,6-7,9-10,12,18H2,1H3;1H. The predicted molar refractivity (Wildman–Crippen MR) is 92.5 cm³/mol. The number of likely N-dealkylation sites (tertiary alicyclic amines) is 1. The Morgan fingerprint density at radius 2 is 1.91 bits per heavy atom. The van der Waals surface area contributed by atoms with Gasteiger partial charge in [0.2, 0.25) is 0 Å². The summed E-state index contributed by atoms with van der Waals surface area (Å²) in [5.41, 5.74) is 8.53. The normalized spacial score (nSPS) is 17.9. The topological polar surface area (TPSA) is 47.1 Å². The summed E-state index contributed by atoms with van der Waals surface area (Å²) in [6, 6.07) is 9.08. The van der Waals surface area contributed by atoms with Gasteiger partial charge >= 0.3 is 0 Å². The second-order valence-electron chi connectivity index (χ2n) is 6.11. The van der Waals surface area contributed by atoms with Gasteiger partial charge < -0.3 is 10.3 Å². The number of nitrogens with two attached hydrogens (primary N) is 1. The number of halogens is 1. The van der Waals surface area contributed by atoms with Crippen LogP contribution in [0.15, 0.2) is 43.0 Å². The van der Waals surface area contributed by atoms with Crippen LogP contribution in [0.2, 0.25) is 0 Å². The fourth-order valence-corrected chi connectivity index (χ4v) is 3.08. The zero-order valence-electron chi connectivity index (χ0n) is 13.1. The summed E-state index contributed by atoms with van der Waals surface area (Å²) >= 11 is 0. The van der Waals surface area contributed by atoms with E-state index in [1.165, 1.54) is 18.4 Å². The van der Waals surface area contributed by atoms with Gasteiger partial charge in [0.25, 0.3) is 0 Å². The molecule has 1 aromatic carbocycles. The third kappa shape index (κ3) is 4.09. The van der Waals surface area contributed by atoms with Gasteiger partial charge in [-0.3, -0.25) is 4.90 Å². The van der Waals surface area contributed by atoms with Crippen LogP contribution in [0.5, 0.6) is 0 Å². The Kier molecular flexibility index (Phi) is 6.00. The van der Waals surface area contributed by atoms with Gasteiger partial charge in [0.15, 0.2) is 0 Å². The van der Waals surface area contributed by atoms with E-state index in [0.717, 1.165) is 25.3 Å². The van der Waals surface area contributed by atoms with Crippen molar-refractivity contribution in [1.29, 1.82) is 0 Å². The molecule has 120 valence electrons. The molecule has 1 aliphatic heterocycles. The van der Waals surface area contributed by atoms with Crippen molar-refractivity contribution in [3.05, 3.63) is 48.5 Å². The van der Waals surface area contributed by atoms with E-state index in [1.54, 1.807) is 6.20 Å². The van der Waals surface area contributed by atoms with Crippen LogP contribution in [0.4, 0.5) is 0 Å². The Labute approximate surface area is 138 Å². The molecule has 3 rings (SSSR count). The lowest BCUT2D eigenvalue weighted by atomic mass is 9.91. The Bertz CT molecular complexity index is 543. The highest BCUT2D eigenvalue weighted by Crippen LogP contribution is 2.21. The first-order valence-electron chi connectivity index (χ1n) is 7.77. The second kappa shape index (κ2) is 7.77. The molecule has 2 aromatic rings.